The number of fused-ring (bicyclic) bond motifs is 1. The van der Waals surface area contributed by atoms with E-state index in [0.29, 0.717) is 52.0 Å². The van der Waals surface area contributed by atoms with Crippen LogP contribution in [0.4, 0.5) is 24.9 Å². The molecule has 0 bridgehead atoms. The normalized spacial score (nSPS) is 18.5. The summed E-state index contributed by atoms with van der Waals surface area (Å²) in [6, 6.07) is 10.3. The van der Waals surface area contributed by atoms with E-state index in [1.807, 2.05) is 16.6 Å². The number of ketones is 1. The van der Waals surface area contributed by atoms with Crippen LogP contribution in [0.25, 0.3) is 16.9 Å². The van der Waals surface area contributed by atoms with Gasteiger partial charge in [-0.15, -0.1) is 5.10 Å². The van der Waals surface area contributed by atoms with Gasteiger partial charge in [0.2, 0.25) is 5.95 Å². The molecule has 2 saturated heterocycles. The molecular formula is C32H35Cl2F3N8O. The lowest BCUT2D eigenvalue weighted by Crippen LogP contribution is -2.38. The van der Waals surface area contributed by atoms with Gasteiger partial charge in [0.1, 0.15) is 5.82 Å². The van der Waals surface area contributed by atoms with Crippen molar-refractivity contribution in [3.8, 4) is 11.3 Å². The fourth-order valence-electron chi connectivity index (χ4n) is 6.46. The van der Waals surface area contributed by atoms with Crippen LogP contribution >= 0.6 is 23.2 Å². The van der Waals surface area contributed by atoms with Gasteiger partial charge in [-0.05, 0) is 95.3 Å². The highest BCUT2D eigenvalue weighted by atomic mass is 35.5. The van der Waals surface area contributed by atoms with Crippen molar-refractivity contribution in [1.29, 1.82) is 0 Å². The molecule has 2 fully saturated rings. The number of anilines is 2. The van der Waals surface area contributed by atoms with Crippen LogP contribution in [0.1, 0.15) is 67.3 Å². The van der Waals surface area contributed by atoms with Crippen LogP contribution in [0.2, 0.25) is 10.0 Å². The van der Waals surface area contributed by atoms with Crippen LogP contribution in [-0.4, -0.2) is 73.6 Å². The number of piperidine rings is 2. The predicted molar refractivity (Wildman–Crippen MR) is 173 cm³/mol. The molecule has 14 heteroatoms. The molecule has 5 heterocycles. The monoisotopic (exact) mass is 674 g/mol. The number of alkyl halides is 3. The van der Waals surface area contributed by atoms with Gasteiger partial charge in [0.15, 0.2) is 11.5 Å². The fourth-order valence-corrected chi connectivity index (χ4v) is 6.97. The fraction of sp³-hybridized carbons (Fsp3) is 0.469. The SMILES string of the molecule is CC(C)N1CCC(c2nc3cc(-c4ccc(Cl)cc4Cl)nc(N4CCCC(Cc5ccc(C(=O)C(F)(F)F)c(N)n5)C4)n3n2)CC1. The Morgan fingerprint density at radius 2 is 1.78 bits per heavy atom. The van der Waals surface area contributed by atoms with E-state index < -0.39 is 23.3 Å². The maximum Gasteiger partial charge on any atom is 0.455 e. The lowest BCUT2D eigenvalue weighted by atomic mass is 9.93. The lowest BCUT2D eigenvalue weighted by molar-refractivity contribution is -0.0884. The average molecular weight is 676 g/mol. The van der Waals surface area contributed by atoms with Gasteiger partial charge in [0, 0.05) is 47.4 Å². The summed E-state index contributed by atoms with van der Waals surface area (Å²) in [6.45, 7) is 7.75. The molecule has 4 aromatic rings. The van der Waals surface area contributed by atoms with E-state index in [1.165, 1.54) is 6.07 Å². The van der Waals surface area contributed by atoms with E-state index in [1.54, 1.807) is 12.1 Å². The molecule has 244 valence electrons. The minimum Gasteiger partial charge on any atom is -0.383 e. The van der Waals surface area contributed by atoms with Crippen LogP contribution < -0.4 is 10.6 Å². The second-order valence-corrected chi connectivity index (χ2v) is 13.3. The van der Waals surface area contributed by atoms with Gasteiger partial charge in [-0.25, -0.2) is 15.0 Å². The predicted octanol–water partition coefficient (Wildman–Crippen LogP) is 6.87. The van der Waals surface area contributed by atoms with Crippen molar-refractivity contribution >= 4 is 46.4 Å². The standard InChI is InChI=1S/C32H35Cl2F3N8O/c1-18(2)43-12-9-20(10-13-43)30-41-27-16-26(23-7-5-21(33)15-25(23)34)40-31(45(27)42-30)44-11-3-4-19(17-44)14-22-6-8-24(29(38)39-22)28(46)32(35,36)37/h5-8,15-16,18-20H,3-4,9-14,17H2,1-2H3,(H2,38,39). The molecule has 2 N–H and O–H groups in total. The third-order valence-corrected chi connectivity index (χ3v) is 9.49. The highest BCUT2D eigenvalue weighted by Crippen LogP contribution is 2.34. The number of hydrogen-bond donors (Lipinski definition) is 1. The average Bonchev–Trinajstić information content (AvgIpc) is 3.44. The van der Waals surface area contributed by atoms with Crippen molar-refractivity contribution in [3.63, 3.8) is 0 Å². The van der Waals surface area contributed by atoms with E-state index in [-0.39, 0.29) is 11.8 Å². The Bertz CT molecular complexity index is 1750. The number of pyridine rings is 1. The van der Waals surface area contributed by atoms with Crippen LogP contribution in [0, 0.1) is 5.92 Å². The Morgan fingerprint density at radius 1 is 1.02 bits per heavy atom. The molecular weight excluding hydrogens is 640 g/mol. The van der Waals surface area contributed by atoms with Gasteiger partial charge >= 0.3 is 6.18 Å². The number of benzene rings is 1. The van der Waals surface area contributed by atoms with Crippen LogP contribution in [-0.2, 0) is 6.42 Å². The van der Waals surface area contributed by atoms with E-state index in [0.717, 1.165) is 62.8 Å². The summed E-state index contributed by atoms with van der Waals surface area (Å²) in [6.07, 6.45) is -0.855. The third-order valence-electron chi connectivity index (χ3n) is 8.94. The molecule has 2 aliphatic heterocycles. The molecule has 0 amide bonds. The van der Waals surface area contributed by atoms with E-state index >= 15 is 0 Å². The number of halogens is 5. The number of nitrogens with two attached hydrogens (primary N) is 1. The number of aromatic nitrogens is 5. The number of carbonyl (C=O) groups excluding carboxylic acids is 1. The molecule has 0 radical (unpaired) electrons. The number of carbonyl (C=O) groups is 1. The Labute approximate surface area is 274 Å². The van der Waals surface area contributed by atoms with Crippen molar-refractivity contribution in [2.24, 2.45) is 5.92 Å². The smallest absolute Gasteiger partial charge is 0.383 e. The molecule has 1 atom stereocenters. The molecule has 9 nitrogen and oxygen atoms in total. The molecule has 46 heavy (non-hydrogen) atoms. The van der Waals surface area contributed by atoms with Gasteiger partial charge < -0.3 is 15.5 Å². The lowest BCUT2D eigenvalue weighted by Gasteiger charge is -2.34. The molecule has 1 unspecified atom stereocenters. The number of likely N-dealkylation sites (tertiary alicyclic amines) is 1. The molecule has 6 rings (SSSR count). The molecule has 0 spiro atoms. The van der Waals surface area contributed by atoms with Crippen molar-refractivity contribution in [3.05, 3.63) is 63.5 Å². The summed E-state index contributed by atoms with van der Waals surface area (Å²) in [7, 11) is 0. The third kappa shape index (κ3) is 6.79. The minimum absolute atomic E-state index is 0.104. The first-order chi connectivity index (χ1) is 21.9. The first-order valence-electron chi connectivity index (χ1n) is 15.5. The zero-order valence-corrected chi connectivity index (χ0v) is 27.1. The molecule has 1 aromatic carbocycles. The van der Waals surface area contributed by atoms with Crippen molar-refractivity contribution in [2.75, 3.05) is 36.8 Å². The van der Waals surface area contributed by atoms with Gasteiger partial charge in [0.05, 0.1) is 16.3 Å². The van der Waals surface area contributed by atoms with Crippen LogP contribution in [0.3, 0.4) is 0 Å². The number of rotatable bonds is 7. The Kier molecular flexibility index (Phi) is 9.15. The molecule has 2 aliphatic rings. The molecule has 0 saturated carbocycles. The summed E-state index contributed by atoms with van der Waals surface area (Å²) >= 11 is 12.8. The first kappa shape index (κ1) is 32.5. The zero-order chi connectivity index (χ0) is 32.7. The second kappa shape index (κ2) is 13.0. The number of Topliss-reactive ketones (excluding diaryl/α,β-unsaturated/α-hetero) is 1. The highest BCUT2D eigenvalue weighted by Gasteiger charge is 2.40. The van der Waals surface area contributed by atoms with Gasteiger partial charge in [-0.2, -0.15) is 17.7 Å². The van der Waals surface area contributed by atoms with Crippen molar-refractivity contribution < 1.29 is 18.0 Å². The van der Waals surface area contributed by atoms with Crippen molar-refractivity contribution in [1.82, 2.24) is 29.5 Å². The maximum atomic E-state index is 13.0. The summed E-state index contributed by atoms with van der Waals surface area (Å²) < 4.78 is 40.7. The van der Waals surface area contributed by atoms with Crippen LogP contribution in [0.15, 0.2) is 36.4 Å². The number of hydrogen-bond acceptors (Lipinski definition) is 8. The number of nitrogen functional groups attached to an aromatic ring is 1. The summed E-state index contributed by atoms with van der Waals surface area (Å²) in [5.74, 6) is -0.636. The Morgan fingerprint density at radius 3 is 2.46 bits per heavy atom. The van der Waals surface area contributed by atoms with Crippen molar-refractivity contribution in [2.45, 2.75) is 64.1 Å². The highest BCUT2D eigenvalue weighted by molar-refractivity contribution is 6.36. The zero-order valence-electron chi connectivity index (χ0n) is 25.6. The minimum atomic E-state index is -5.02. The van der Waals surface area contributed by atoms with Gasteiger partial charge in [-0.3, -0.25) is 4.79 Å². The Balaban J connectivity index is 1.30. The maximum absolute atomic E-state index is 13.0. The number of nitrogens with zero attached hydrogens (tertiary/aromatic N) is 7. The molecule has 0 aliphatic carbocycles. The summed E-state index contributed by atoms with van der Waals surface area (Å²) in [4.78, 5) is 30.6. The second-order valence-electron chi connectivity index (χ2n) is 12.4. The first-order valence-corrected chi connectivity index (χ1v) is 16.2. The van der Waals surface area contributed by atoms with Gasteiger partial charge in [-0.1, -0.05) is 23.2 Å². The van der Waals surface area contributed by atoms with Crippen LogP contribution in [0.5, 0.6) is 0 Å². The topological polar surface area (TPSA) is 106 Å². The van der Waals surface area contributed by atoms with E-state index in [2.05, 4.69) is 28.6 Å². The van der Waals surface area contributed by atoms with E-state index in [9.17, 15) is 18.0 Å². The van der Waals surface area contributed by atoms with E-state index in [4.69, 9.17) is 44.0 Å². The quantitative estimate of drug-likeness (QED) is 0.212. The molecule has 3 aromatic heterocycles. The summed E-state index contributed by atoms with van der Waals surface area (Å²) in [5, 5.41) is 6.00. The largest absolute Gasteiger partial charge is 0.455 e. The Hall–Kier alpha value is -3.48. The van der Waals surface area contributed by atoms with Gasteiger partial charge in [0.25, 0.3) is 5.78 Å². The summed E-state index contributed by atoms with van der Waals surface area (Å²) in [5.41, 5.74) is 7.74.